The van der Waals surface area contributed by atoms with Crippen molar-refractivity contribution in [3.8, 4) is 0 Å². The molecule has 0 fully saturated rings. The van der Waals surface area contributed by atoms with E-state index in [-0.39, 0.29) is 22.6 Å². The lowest BCUT2D eigenvalue weighted by atomic mass is 9.92. The number of nitro benzene ring substituents is 1. The standard InChI is InChI=1S/C16H15ClN2O2/c17-14-6-3-7-15(19(20)21)13(14)9-11-8-10-4-1-2-5-12(10)16(11)18/h1-7,11,16H,8-9,18H2. The van der Waals surface area contributed by atoms with Crippen LogP contribution in [0.1, 0.15) is 22.7 Å². The zero-order valence-corrected chi connectivity index (χ0v) is 12.1. The van der Waals surface area contributed by atoms with E-state index in [4.69, 9.17) is 17.3 Å². The second kappa shape index (κ2) is 5.47. The number of fused-ring (bicyclic) bond motifs is 1. The number of halogens is 1. The van der Waals surface area contributed by atoms with E-state index < -0.39 is 0 Å². The minimum absolute atomic E-state index is 0.0747. The van der Waals surface area contributed by atoms with Crippen molar-refractivity contribution in [3.05, 3.63) is 74.3 Å². The van der Waals surface area contributed by atoms with Gasteiger partial charge in [0, 0.05) is 17.7 Å². The number of hydrogen-bond donors (Lipinski definition) is 1. The SMILES string of the molecule is NC1c2ccccc2CC1Cc1c(Cl)cccc1[N+](=O)[O-]. The first-order valence-electron chi connectivity index (χ1n) is 6.83. The Morgan fingerprint density at radius 2 is 2.00 bits per heavy atom. The number of rotatable bonds is 3. The maximum Gasteiger partial charge on any atom is 0.274 e. The number of nitrogens with two attached hydrogens (primary N) is 1. The number of benzene rings is 2. The van der Waals surface area contributed by atoms with Gasteiger partial charge in [0.1, 0.15) is 0 Å². The summed E-state index contributed by atoms with van der Waals surface area (Å²) in [6.45, 7) is 0. The third kappa shape index (κ3) is 2.52. The number of nitrogens with zero attached hydrogens (tertiary/aromatic N) is 1. The van der Waals surface area contributed by atoms with Crippen LogP contribution in [0.2, 0.25) is 5.02 Å². The molecule has 3 rings (SSSR count). The molecule has 1 aliphatic rings. The van der Waals surface area contributed by atoms with E-state index in [1.54, 1.807) is 12.1 Å². The molecule has 5 heteroatoms. The van der Waals surface area contributed by atoms with Gasteiger partial charge in [0.25, 0.3) is 5.69 Å². The number of hydrogen-bond acceptors (Lipinski definition) is 3. The average Bonchev–Trinajstić information content (AvgIpc) is 2.78. The molecular weight excluding hydrogens is 288 g/mol. The molecule has 108 valence electrons. The molecule has 0 aromatic heterocycles. The van der Waals surface area contributed by atoms with Crippen molar-refractivity contribution >= 4 is 17.3 Å². The monoisotopic (exact) mass is 302 g/mol. The Morgan fingerprint density at radius 3 is 2.71 bits per heavy atom. The molecule has 0 saturated carbocycles. The maximum absolute atomic E-state index is 11.2. The Labute approximate surface area is 127 Å². The Bertz CT molecular complexity index is 702. The minimum Gasteiger partial charge on any atom is -0.324 e. The molecule has 4 nitrogen and oxygen atoms in total. The van der Waals surface area contributed by atoms with Crippen molar-refractivity contribution in [3.63, 3.8) is 0 Å². The first-order chi connectivity index (χ1) is 10.1. The Morgan fingerprint density at radius 1 is 1.24 bits per heavy atom. The third-order valence-electron chi connectivity index (χ3n) is 4.16. The molecule has 2 N–H and O–H groups in total. The van der Waals surface area contributed by atoms with E-state index in [9.17, 15) is 10.1 Å². The molecule has 0 spiro atoms. The highest BCUT2D eigenvalue weighted by Gasteiger charge is 2.31. The highest BCUT2D eigenvalue weighted by Crippen LogP contribution is 2.39. The van der Waals surface area contributed by atoms with E-state index in [0.29, 0.717) is 17.0 Å². The number of nitro groups is 1. The average molecular weight is 303 g/mol. The van der Waals surface area contributed by atoms with Crippen LogP contribution in [0.3, 0.4) is 0 Å². The lowest BCUT2D eigenvalue weighted by Crippen LogP contribution is -2.19. The van der Waals surface area contributed by atoms with Crippen LogP contribution in [0.4, 0.5) is 5.69 Å². The lowest BCUT2D eigenvalue weighted by Gasteiger charge is -2.16. The fourth-order valence-corrected chi connectivity index (χ4v) is 3.34. The summed E-state index contributed by atoms with van der Waals surface area (Å²) in [4.78, 5) is 10.8. The quantitative estimate of drug-likeness (QED) is 0.695. The van der Waals surface area contributed by atoms with Crippen LogP contribution in [0.5, 0.6) is 0 Å². The lowest BCUT2D eigenvalue weighted by molar-refractivity contribution is -0.385. The van der Waals surface area contributed by atoms with Crippen molar-refractivity contribution in [1.82, 2.24) is 0 Å². The summed E-state index contributed by atoms with van der Waals surface area (Å²) < 4.78 is 0. The van der Waals surface area contributed by atoms with Gasteiger partial charge in [-0.15, -0.1) is 0 Å². The molecule has 2 aromatic carbocycles. The van der Waals surface area contributed by atoms with Gasteiger partial charge in [0.15, 0.2) is 0 Å². The third-order valence-corrected chi connectivity index (χ3v) is 4.52. The van der Waals surface area contributed by atoms with Crippen molar-refractivity contribution in [1.29, 1.82) is 0 Å². The second-order valence-corrected chi connectivity index (χ2v) is 5.79. The topological polar surface area (TPSA) is 69.2 Å². The van der Waals surface area contributed by atoms with Crippen LogP contribution in [-0.2, 0) is 12.8 Å². The molecule has 0 heterocycles. The predicted octanol–water partition coefficient (Wildman–Crippen LogP) is 3.66. The molecule has 21 heavy (non-hydrogen) atoms. The maximum atomic E-state index is 11.2. The van der Waals surface area contributed by atoms with Crippen LogP contribution in [-0.4, -0.2) is 4.92 Å². The van der Waals surface area contributed by atoms with Gasteiger partial charge in [0.05, 0.1) is 9.95 Å². The van der Waals surface area contributed by atoms with E-state index in [1.165, 1.54) is 11.6 Å². The molecule has 1 aliphatic carbocycles. The van der Waals surface area contributed by atoms with Crippen LogP contribution in [0, 0.1) is 16.0 Å². The van der Waals surface area contributed by atoms with Crippen LogP contribution < -0.4 is 5.73 Å². The smallest absolute Gasteiger partial charge is 0.274 e. The molecule has 0 saturated heterocycles. The van der Waals surface area contributed by atoms with Gasteiger partial charge < -0.3 is 5.73 Å². The fourth-order valence-electron chi connectivity index (χ4n) is 3.09. The zero-order valence-electron chi connectivity index (χ0n) is 11.3. The Balaban J connectivity index is 1.91. The van der Waals surface area contributed by atoms with Gasteiger partial charge in [0.2, 0.25) is 0 Å². The van der Waals surface area contributed by atoms with Crippen molar-refractivity contribution < 1.29 is 4.92 Å². The van der Waals surface area contributed by atoms with Crippen molar-refractivity contribution in [2.24, 2.45) is 11.7 Å². The van der Waals surface area contributed by atoms with Gasteiger partial charge in [-0.2, -0.15) is 0 Å². The molecule has 0 bridgehead atoms. The predicted molar refractivity (Wildman–Crippen MR) is 82.4 cm³/mol. The van der Waals surface area contributed by atoms with Crippen LogP contribution in [0.15, 0.2) is 42.5 Å². The summed E-state index contributed by atoms with van der Waals surface area (Å²) in [7, 11) is 0. The second-order valence-electron chi connectivity index (χ2n) is 5.39. The zero-order chi connectivity index (χ0) is 15.0. The van der Waals surface area contributed by atoms with Gasteiger partial charge in [-0.1, -0.05) is 41.9 Å². The molecule has 0 radical (unpaired) electrons. The first kappa shape index (κ1) is 14.0. The first-order valence-corrected chi connectivity index (χ1v) is 7.21. The molecule has 0 aliphatic heterocycles. The summed E-state index contributed by atoms with van der Waals surface area (Å²) in [5, 5.41) is 11.6. The Hall–Kier alpha value is -1.91. The van der Waals surface area contributed by atoms with Gasteiger partial charge in [-0.05, 0) is 36.0 Å². The van der Waals surface area contributed by atoms with E-state index in [2.05, 4.69) is 6.07 Å². The van der Waals surface area contributed by atoms with Gasteiger partial charge in [-0.3, -0.25) is 10.1 Å². The summed E-state index contributed by atoms with van der Waals surface area (Å²) >= 11 is 6.17. The fraction of sp³-hybridized carbons (Fsp3) is 0.250. The molecular formula is C16H15ClN2O2. The Kier molecular flexibility index (Phi) is 3.66. The molecule has 2 unspecified atom stereocenters. The van der Waals surface area contributed by atoms with E-state index in [0.717, 1.165) is 12.0 Å². The van der Waals surface area contributed by atoms with Crippen molar-refractivity contribution in [2.75, 3.05) is 0 Å². The summed E-state index contributed by atoms with van der Waals surface area (Å²) in [6.07, 6.45) is 1.35. The largest absolute Gasteiger partial charge is 0.324 e. The molecule has 2 atom stereocenters. The highest BCUT2D eigenvalue weighted by atomic mass is 35.5. The molecule has 2 aromatic rings. The summed E-state index contributed by atoms with van der Waals surface area (Å²) in [6, 6.07) is 12.7. The van der Waals surface area contributed by atoms with Gasteiger partial charge in [-0.25, -0.2) is 0 Å². The van der Waals surface area contributed by atoms with E-state index >= 15 is 0 Å². The summed E-state index contributed by atoms with van der Waals surface area (Å²) in [5.41, 5.74) is 9.32. The van der Waals surface area contributed by atoms with E-state index in [1.807, 2.05) is 18.2 Å². The normalized spacial score (nSPS) is 20.3. The molecule has 0 amide bonds. The van der Waals surface area contributed by atoms with Crippen LogP contribution >= 0.6 is 11.6 Å². The van der Waals surface area contributed by atoms with Crippen molar-refractivity contribution in [2.45, 2.75) is 18.9 Å². The summed E-state index contributed by atoms with van der Waals surface area (Å²) in [5.74, 6) is 0.140. The highest BCUT2D eigenvalue weighted by molar-refractivity contribution is 6.31. The minimum atomic E-state index is -0.380. The van der Waals surface area contributed by atoms with Gasteiger partial charge >= 0.3 is 0 Å². The van der Waals surface area contributed by atoms with Crippen LogP contribution in [0.25, 0.3) is 0 Å².